The number of likely N-dealkylation sites (tertiary alicyclic amines) is 1. The highest BCUT2D eigenvalue weighted by atomic mass is 79.9. The van der Waals surface area contributed by atoms with E-state index in [0.717, 1.165) is 62.6 Å². The fraction of sp³-hybridized carbons (Fsp3) is 0.632. The molecule has 24 heavy (non-hydrogen) atoms. The van der Waals surface area contributed by atoms with E-state index in [0.29, 0.717) is 6.04 Å². The van der Waals surface area contributed by atoms with Crippen LogP contribution in [-0.4, -0.2) is 36.0 Å². The monoisotopic (exact) mass is 393 g/mol. The van der Waals surface area contributed by atoms with Crippen molar-refractivity contribution in [3.63, 3.8) is 0 Å². The molecule has 3 rings (SSSR count). The molecular formula is C19H28BrN3O. The van der Waals surface area contributed by atoms with Crippen LogP contribution in [0.5, 0.6) is 0 Å². The molecule has 2 fully saturated rings. The third-order valence-corrected chi connectivity index (χ3v) is 5.87. The van der Waals surface area contributed by atoms with Gasteiger partial charge < -0.3 is 11.1 Å². The fourth-order valence-electron chi connectivity index (χ4n) is 3.87. The molecular weight excluding hydrogens is 366 g/mol. The van der Waals surface area contributed by atoms with Gasteiger partial charge in [-0.1, -0.05) is 34.5 Å². The normalized spacial score (nSPS) is 26.2. The third-order valence-electron chi connectivity index (χ3n) is 5.34. The summed E-state index contributed by atoms with van der Waals surface area (Å²) in [7, 11) is 0. The van der Waals surface area contributed by atoms with Crippen LogP contribution in [0.4, 0.5) is 0 Å². The Bertz CT molecular complexity index is 540. The van der Waals surface area contributed by atoms with Gasteiger partial charge in [-0.3, -0.25) is 9.69 Å². The summed E-state index contributed by atoms with van der Waals surface area (Å²) >= 11 is 3.48. The second-order valence-electron chi connectivity index (χ2n) is 7.31. The van der Waals surface area contributed by atoms with Crippen LogP contribution in [0.25, 0.3) is 0 Å². The minimum Gasteiger partial charge on any atom is -0.353 e. The Morgan fingerprint density at radius 1 is 1.17 bits per heavy atom. The molecule has 2 atom stereocenters. The van der Waals surface area contributed by atoms with E-state index in [-0.39, 0.29) is 17.9 Å². The maximum Gasteiger partial charge on any atom is 0.223 e. The number of benzene rings is 1. The number of nitrogens with two attached hydrogens (primary N) is 1. The van der Waals surface area contributed by atoms with Gasteiger partial charge in [0, 0.05) is 42.1 Å². The number of amides is 1. The van der Waals surface area contributed by atoms with Gasteiger partial charge in [-0.05, 0) is 49.8 Å². The molecule has 0 bridgehead atoms. The van der Waals surface area contributed by atoms with Crippen molar-refractivity contribution < 1.29 is 4.79 Å². The molecule has 3 N–H and O–H groups in total. The van der Waals surface area contributed by atoms with Gasteiger partial charge in [0.25, 0.3) is 0 Å². The third kappa shape index (κ3) is 5.04. The van der Waals surface area contributed by atoms with E-state index in [1.807, 2.05) is 0 Å². The average molecular weight is 394 g/mol. The first-order chi connectivity index (χ1) is 11.6. The molecule has 5 heteroatoms. The predicted molar refractivity (Wildman–Crippen MR) is 101 cm³/mol. The quantitative estimate of drug-likeness (QED) is 0.826. The fourth-order valence-corrected chi connectivity index (χ4v) is 4.13. The van der Waals surface area contributed by atoms with Crippen LogP contribution in [0.1, 0.15) is 44.1 Å². The van der Waals surface area contributed by atoms with E-state index >= 15 is 0 Å². The van der Waals surface area contributed by atoms with Gasteiger partial charge in [0.15, 0.2) is 0 Å². The largest absolute Gasteiger partial charge is 0.353 e. The summed E-state index contributed by atoms with van der Waals surface area (Å²) in [5.74, 6) is 0.367. The van der Waals surface area contributed by atoms with Crippen LogP contribution in [0.2, 0.25) is 0 Å². The smallest absolute Gasteiger partial charge is 0.223 e. The second kappa shape index (κ2) is 8.45. The van der Waals surface area contributed by atoms with Gasteiger partial charge in [0.1, 0.15) is 0 Å². The number of rotatable bonds is 4. The van der Waals surface area contributed by atoms with E-state index in [1.54, 1.807) is 0 Å². The number of nitrogens with zero attached hydrogens (tertiary/aromatic N) is 1. The van der Waals surface area contributed by atoms with E-state index in [9.17, 15) is 4.79 Å². The van der Waals surface area contributed by atoms with Gasteiger partial charge >= 0.3 is 0 Å². The van der Waals surface area contributed by atoms with Crippen LogP contribution >= 0.6 is 15.9 Å². The lowest BCUT2D eigenvalue weighted by Gasteiger charge is -2.34. The lowest BCUT2D eigenvalue weighted by Crippen LogP contribution is -2.47. The Hall–Kier alpha value is -0.910. The van der Waals surface area contributed by atoms with Crippen molar-refractivity contribution >= 4 is 21.8 Å². The molecule has 1 heterocycles. The van der Waals surface area contributed by atoms with Crippen molar-refractivity contribution in [3.8, 4) is 0 Å². The maximum absolute atomic E-state index is 12.4. The molecule has 1 saturated heterocycles. The van der Waals surface area contributed by atoms with Crippen molar-refractivity contribution in [3.05, 3.63) is 34.3 Å². The minimum atomic E-state index is 0.134. The Labute approximate surface area is 153 Å². The van der Waals surface area contributed by atoms with Crippen molar-refractivity contribution in [2.45, 2.75) is 57.2 Å². The lowest BCUT2D eigenvalue weighted by atomic mass is 9.85. The molecule has 1 aliphatic carbocycles. The Kier molecular flexibility index (Phi) is 6.31. The Morgan fingerprint density at radius 3 is 2.54 bits per heavy atom. The standard InChI is InChI=1S/C19H28BrN3O/c20-16-6-4-14(5-7-16)13-23-10-8-18(9-11-23)22-19(24)15-2-1-3-17(21)12-15/h4-7,15,17-18H,1-3,8-13,21H2,(H,22,24). The van der Waals surface area contributed by atoms with Crippen LogP contribution in [0.3, 0.4) is 0 Å². The van der Waals surface area contributed by atoms with Crippen LogP contribution in [-0.2, 0) is 11.3 Å². The summed E-state index contributed by atoms with van der Waals surface area (Å²) in [6, 6.07) is 9.07. The highest BCUT2D eigenvalue weighted by molar-refractivity contribution is 9.10. The Balaban J connectivity index is 1.41. The highest BCUT2D eigenvalue weighted by Gasteiger charge is 2.28. The van der Waals surface area contributed by atoms with Gasteiger partial charge in [0.2, 0.25) is 5.91 Å². The molecule has 1 aromatic carbocycles. The number of halogens is 1. The van der Waals surface area contributed by atoms with E-state index in [2.05, 4.69) is 50.4 Å². The molecule has 1 aromatic rings. The van der Waals surface area contributed by atoms with E-state index in [4.69, 9.17) is 5.73 Å². The zero-order valence-corrected chi connectivity index (χ0v) is 15.8. The molecule has 1 saturated carbocycles. The summed E-state index contributed by atoms with van der Waals surface area (Å²) in [6.45, 7) is 3.09. The highest BCUT2D eigenvalue weighted by Crippen LogP contribution is 2.24. The zero-order valence-electron chi connectivity index (χ0n) is 14.2. The molecule has 1 amide bonds. The molecule has 1 aliphatic heterocycles. The van der Waals surface area contributed by atoms with Gasteiger partial charge in [-0.2, -0.15) is 0 Å². The number of piperidine rings is 1. The summed E-state index contributed by atoms with van der Waals surface area (Å²) in [4.78, 5) is 14.9. The average Bonchev–Trinajstić information content (AvgIpc) is 2.59. The van der Waals surface area contributed by atoms with E-state index in [1.165, 1.54) is 5.56 Å². The molecule has 132 valence electrons. The molecule has 4 nitrogen and oxygen atoms in total. The molecule has 0 aromatic heterocycles. The van der Waals surface area contributed by atoms with Crippen LogP contribution in [0, 0.1) is 5.92 Å². The summed E-state index contributed by atoms with van der Waals surface area (Å²) in [5.41, 5.74) is 7.35. The predicted octanol–water partition coefficient (Wildman–Crippen LogP) is 3.05. The van der Waals surface area contributed by atoms with Crippen molar-refractivity contribution in [2.75, 3.05) is 13.1 Å². The number of carbonyl (C=O) groups is 1. The van der Waals surface area contributed by atoms with Crippen LogP contribution < -0.4 is 11.1 Å². The van der Waals surface area contributed by atoms with Gasteiger partial charge in [-0.25, -0.2) is 0 Å². The summed E-state index contributed by atoms with van der Waals surface area (Å²) in [5, 5.41) is 3.27. The topological polar surface area (TPSA) is 58.4 Å². The SMILES string of the molecule is NC1CCCC(C(=O)NC2CCN(Cc3ccc(Br)cc3)CC2)C1. The summed E-state index contributed by atoms with van der Waals surface area (Å²) in [6.07, 6.45) is 6.10. The minimum absolute atomic E-state index is 0.134. The van der Waals surface area contributed by atoms with Crippen molar-refractivity contribution in [2.24, 2.45) is 11.7 Å². The van der Waals surface area contributed by atoms with Gasteiger partial charge in [0.05, 0.1) is 0 Å². The number of nitrogens with one attached hydrogen (secondary N) is 1. The second-order valence-corrected chi connectivity index (χ2v) is 8.22. The zero-order chi connectivity index (χ0) is 16.9. The van der Waals surface area contributed by atoms with Crippen molar-refractivity contribution in [1.82, 2.24) is 10.2 Å². The number of hydrogen-bond donors (Lipinski definition) is 2. The molecule has 2 aliphatic rings. The first kappa shape index (κ1) is 17.9. The first-order valence-corrected chi connectivity index (χ1v) is 9.92. The van der Waals surface area contributed by atoms with E-state index < -0.39 is 0 Å². The van der Waals surface area contributed by atoms with Gasteiger partial charge in [-0.15, -0.1) is 0 Å². The summed E-state index contributed by atoms with van der Waals surface area (Å²) < 4.78 is 1.12. The Morgan fingerprint density at radius 2 is 1.88 bits per heavy atom. The maximum atomic E-state index is 12.4. The number of carbonyl (C=O) groups excluding carboxylic acids is 1. The molecule has 0 spiro atoms. The number of hydrogen-bond acceptors (Lipinski definition) is 3. The first-order valence-electron chi connectivity index (χ1n) is 9.13. The lowest BCUT2D eigenvalue weighted by molar-refractivity contribution is -0.127. The van der Waals surface area contributed by atoms with Crippen molar-refractivity contribution in [1.29, 1.82) is 0 Å². The molecule has 2 unspecified atom stereocenters. The molecule has 0 radical (unpaired) electrons. The van der Waals surface area contributed by atoms with Crippen LogP contribution in [0.15, 0.2) is 28.7 Å².